The fraction of sp³-hybridized carbons (Fsp3) is 0.500. The van der Waals surface area contributed by atoms with E-state index in [1.807, 2.05) is 29.1 Å². The average Bonchev–Trinajstić information content (AvgIpc) is 3.19. The Morgan fingerprint density at radius 2 is 2.24 bits per heavy atom. The standard InChI is InChI=1S/C16H22N4O/c1-2-17-15(10-13-8-9-21-12-13)16-11-18-19-20(16)14-6-4-3-5-7-14/h3-7,11,13,15,17H,2,8-10,12H2,1H3. The third-order valence-electron chi connectivity index (χ3n) is 3.98. The number of rotatable bonds is 6. The minimum atomic E-state index is 0.261. The Hall–Kier alpha value is -1.72. The Bertz CT molecular complexity index is 548. The molecule has 2 atom stereocenters. The number of nitrogens with one attached hydrogen (secondary N) is 1. The molecule has 2 heterocycles. The van der Waals surface area contributed by atoms with Crippen LogP contribution in [0, 0.1) is 5.92 Å². The molecule has 5 heteroatoms. The van der Waals surface area contributed by atoms with Gasteiger partial charge in [-0.2, -0.15) is 0 Å². The monoisotopic (exact) mass is 286 g/mol. The third kappa shape index (κ3) is 3.31. The van der Waals surface area contributed by atoms with Gasteiger partial charge < -0.3 is 10.1 Å². The zero-order chi connectivity index (χ0) is 14.5. The third-order valence-corrected chi connectivity index (χ3v) is 3.98. The van der Waals surface area contributed by atoms with E-state index in [4.69, 9.17) is 4.74 Å². The second-order valence-corrected chi connectivity index (χ2v) is 5.48. The highest BCUT2D eigenvalue weighted by Crippen LogP contribution is 2.27. The van der Waals surface area contributed by atoms with Gasteiger partial charge in [-0.3, -0.25) is 0 Å². The van der Waals surface area contributed by atoms with Crippen LogP contribution in [0.3, 0.4) is 0 Å². The smallest absolute Gasteiger partial charge is 0.0815 e. The number of nitrogens with zero attached hydrogens (tertiary/aromatic N) is 3. The maximum Gasteiger partial charge on any atom is 0.0815 e. The highest BCUT2D eigenvalue weighted by atomic mass is 16.5. The number of ether oxygens (including phenoxy) is 1. The minimum absolute atomic E-state index is 0.261. The van der Waals surface area contributed by atoms with Crippen molar-refractivity contribution in [3.63, 3.8) is 0 Å². The Morgan fingerprint density at radius 3 is 2.95 bits per heavy atom. The summed E-state index contributed by atoms with van der Waals surface area (Å²) in [6.45, 7) is 4.82. The van der Waals surface area contributed by atoms with Crippen LogP contribution in [0.1, 0.15) is 31.5 Å². The molecule has 3 rings (SSSR count). The van der Waals surface area contributed by atoms with Crippen molar-refractivity contribution in [2.24, 2.45) is 5.92 Å². The van der Waals surface area contributed by atoms with Gasteiger partial charge >= 0.3 is 0 Å². The fourth-order valence-corrected chi connectivity index (χ4v) is 2.91. The topological polar surface area (TPSA) is 52.0 Å². The first kappa shape index (κ1) is 14.2. The average molecular weight is 286 g/mol. The second-order valence-electron chi connectivity index (χ2n) is 5.48. The van der Waals surface area contributed by atoms with E-state index >= 15 is 0 Å². The maximum absolute atomic E-state index is 5.50. The first-order valence-corrected chi connectivity index (χ1v) is 7.65. The SMILES string of the molecule is CCNC(CC1CCOC1)c1cnnn1-c1ccccc1. The molecule has 0 spiro atoms. The lowest BCUT2D eigenvalue weighted by Crippen LogP contribution is -2.26. The molecule has 0 aliphatic carbocycles. The van der Waals surface area contributed by atoms with E-state index in [0.717, 1.165) is 44.0 Å². The Morgan fingerprint density at radius 1 is 1.38 bits per heavy atom. The van der Waals surface area contributed by atoms with Gasteiger partial charge in [0.15, 0.2) is 0 Å². The van der Waals surface area contributed by atoms with Crippen LogP contribution in [0.4, 0.5) is 0 Å². The summed E-state index contributed by atoms with van der Waals surface area (Å²) in [5.74, 6) is 0.619. The largest absolute Gasteiger partial charge is 0.381 e. The highest BCUT2D eigenvalue weighted by Gasteiger charge is 2.24. The van der Waals surface area contributed by atoms with Crippen molar-refractivity contribution in [2.45, 2.75) is 25.8 Å². The predicted octanol–water partition coefficient (Wildman–Crippen LogP) is 2.34. The molecule has 5 nitrogen and oxygen atoms in total. The Labute approximate surface area is 125 Å². The molecule has 2 aromatic rings. The number of hydrogen-bond acceptors (Lipinski definition) is 4. The van der Waals surface area contributed by atoms with Gasteiger partial charge in [-0.1, -0.05) is 30.3 Å². The molecule has 1 aliphatic heterocycles. The van der Waals surface area contributed by atoms with E-state index in [-0.39, 0.29) is 6.04 Å². The van der Waals surface area contributed by atoms with Crippen LogP contribution in [0.2, 0.25) is 0 Å². The van der Waals surface area contributed by atoms with Gasteiger partial charge in [0.05, 0.1) is 23.6 Å². The van der Waals surface area contributed by atoms with Gasteiger partial charge in [-0.15, -0.1) is 5.10 Å². The summed E-state index contributed by atoms with van der Waals surface area (Å²) in [5.41, 5.74) is 2.17. The molecular weight excluding hydrogens is 264 g/mol. The molecule has 112 valence electrons. The van der Waals surface area contributed by atoms with E-state index in [0.29, 0.717) is 5.92 Å². The van der Waals surface area contributed by atoms with Crippen molar-refractivity contribution in [2.75, 3.05) is 19.8 Å². The van der Waals surface area contributed by atoms with Gasteiger partial charge in [-0.05, 0) is 37.4 Å². The molecule has 1 N–H and O–H groups in total. The number of hydrogen-bond donors (Lipinski definition) is 1. The normalized spacial score (nSPS) is 19.8. The van der Waals surface area contributed by atoms with Gasteiger partial charge in [0.1, 0.15) is 0 Å². The van der Waals surface area contributed by atoms with Crippen molar-refractivity contribution >= 4 is 0 Å². The molecule has 1 aliphatic rings. The van der Waals surface area contributed by atoms with E-state index in [2.05, 4.69) is 34.7 Å². The summed E-state index contributed by atoms with van der Waals surface area (Å²) in [5, 5.41) is 11.9. The lowest BCUT2D eigenvalue weighted by Gasteiger charge is -2.21. The predicted molar refractivity (Wildman–Crippen MR) is 81.3 cm³/mol. The van der Waals surface area contributed by atoms with E-state index in [1.165, 1.54) is 0 Å². The minimum Gasteiger partial charge on any atom is -0.381 e. The number of aromatic nitrogens is 3. The van der Waals surface area contributed by atoms with Crippen LogP contribution >= 0.6 is 0 Å². The highest BCUT2D eigenvalue weighted by molar-refractivity contribution is 5.32. The van der Waals surface area contributed by atoms with Crippen molar-refractivity contribution in [1.29, 1.82) is 0 Å². The quantitative estimate of drug-likeness (QED) is 0.885. The van der Waals surface area contributed by atoms with E-state index in [9.17, 15) is 0 Å². The zero-order valence-electron chi connectivity index (χ0n) is 12.4. The molecule has 21 heavy (non-hydrogen) atoms. The molecular formula is C16H22N4O. The maximum atomic E-state index is 5.50. The summed E-state index contributed by atoms with van der Waals surface area (Å²) in [6, 6.07) is 10.4. The molecule has 0 saturated carbocycles. The summed E-state index contributed by atoms with van der Waals surface area (Å²) >= 11 is 0. The summed E-state index contributed by atoms with van der Waals surface area (Å²) in [7, 11) is 0. The van der Waals surface area contributed by atoms with Gasteiger partial charge in [0.2, 0.25) is 0 Å². The molecule has 1 aromatic carbocycles. The van der Waals surface area contributed by atoms with Crippen LogP contribution in [-0.2, 0) is 4.74 Å². The number of para-hydroxylation sites is 1. The molecule has 1 saturated heterocycles. The fourth-order valence-electron chi connectivity index (χ4n) is 2.91. The lowest BCUT2D eigenvalue weighted by molar-refractivity contribution is 0.181. The van der Waals surface area contributed by atoms with Gasteiger partial charge in [-0.25, -0.2) is 4.68 Å². The zero-order valence-corrected chi connectivity index (χ0v) is 12.4. The lowest BCUT2D eigenvalue weighted by atomic mass is 9.97. The molecule has 1 aromatic heterocycles. The van der Waals surface area contributed by atoms with Crippen LogP contribution in [-0.4, -0.2) is 34.8 Å². The van der Waals surface area contributed by atoms with Crippen LogP contribution in [0.5, 0.6) is 0 Å². The molecule has 0 radical (unpaired) electrons. The van der Waals surface area contributed by atoms with Gasteiger partial charge in [0, 0.05) is 13.2 Å². The first-order valence-electron chi connectivity index (χ1n) is 7.65. The Balaban J connectivity index is 1.84. The Kier molecular flexibility index (Phi) is 4.62. The van der Waals surface area contributed by atoms with Crippen molar-refractivity contribution in [1.82, 2.24) is 20.3 Å². The van der Waals surface area contributed by atoms with Gasteiger partial charge in [0.25, 0.3) is 0 Å². The molecule has 2 unspecified atom stereocenters. The van der Waals surface area contributed by atoms with Crippen LogP contribution < -0.4 is 5.32 Å². The van der Waals surface area contributed by atoms with E-state index < -0.39 is 0 Å². The molecule has 0 bridgehead atoms. The summed E-state index contributed by atoms with van der Waals surface area (Å²) in [4.78, 5) is 0. The number of benzene rings is 1. The van der Waals surface area contributed by atoms with Crippen molar-refractivity contribution < 1.29 is 4.74 Å². The molecule has 0 amide bonds. The first-order chi connectivity index (χ1) is 10.4. The van der Waals surface area contributed by atoms with Crippen molar-refractivity contribution in [3.8, 4) is 5.69 Å². The summed E-state index contributed by atoms with van der Waals surface area (Å²) in [6.07, 6.45) is 4.08. The van der Waals surface area contributed by atoms with Crippen LogP contribution in [0.15, 0.2) is 36.5 Å². The second kappa shape index (κ2) is 6.83. The molecule has 1 fully saturated rings. The van der Waals surface area contributed by atoms with Crippen molar-refractivity contribution in [3.05, 3.63) is 42.2 Å². The van der Waals surface area contributed by atoms with Crippen LogP contribution in [0.25, 0.3) is 5.69 Å². The summed E-state index contributed by atoms with van der Waals surface area (Å²) < 4.78 is 7.44. The van der Waals surface area contributed by atoms with E-state index in [1.54, 1.807) is 0 Å².